The number of hydrogen-bond donors (Lipinski definition) is 0. The van der Waals surface area contributed by atoms with Crippen molar-refractivity contribution in [2.24, 2.45) is 0 Å². The Kier molecular flexibility index (Phi) is 5.15. The number of rotatable bonds is 5. The summed E-state index contributed by atoms with van der Waals surface area (Å²) in [6, 6.07) is 3.25. The third-order valence-electron chi connectivity index (χ3n) is 3.20. The van der Waals surface area contributed by atoms with Gasteiger partial charge in [-0.3, -0.25) is 4.57 Å². The van der Waals surface area contributed by atoms with E-state index in [-0.39, 0.29) is 0 Å². The van der Waals surface area contributed by atoms with Crippen LogP contribution in [0.4, 0.5) is 0 Å². The molecule has 0 spiro atoms. The Hall–Kier alpha value is -0.113. The highest BCUT2D eigenvalue weighted by Gasteiger charge is 2.14. The largest absolute Gasteiger partial charge is 0.361 e. The van der Waals surface area contributed by atoms with Crippen molar-refractivity contribution in [1.29, 1.82) is 0 Å². The fourth-order valence-corrected chi connectivity index (χ4v) is 3.52. The van der Waals surface area contributed by atoms with Crippen molar-refractivity contribution in [2.75, 3.05) is 6.61 Å². The molecule has 0 aliphatic heterocycles. The molecule has 2 rings (SSSR count). The Morgan fingerprint density at radius 3 is 2.75 bits per heavy atom. The van der Waals surface area contributed by atoms with E-state index in [1.807, 2.05) is 13.1 Å². The summed E-state index contributed by atoms with van der Waals surface area (Å²) >= 11 is 8.64. The lowest BCUT2D eigenvalue weighted by Gasteiger charge is -2.16. The van der Waals surface area contributed by atoms with Gasteiger partial charge < -0.3 is 4.74 Å². The molecule has 2 heterocycles. The molecule has 0 saturated heterocycles. The van der Waals surface area contributed by atoms with E-state index in [9.17, 15) is 0 Å². The minimum absolute atomic E-state index is 0.540. The maximum absolute atomic E-state index is 6.34. The number of halogens is 2. The fourth-order valence-electron chi connectivity index (χ4n) is 1.89. The molecule has 0 aliphatic carbocycles. The highest BCUT2D eigenvalue weighted by molar-refractivity contribution is 14.1. The van der Waals surface area contributed by atoms with E-state index in [4.69, 9.17) is 16.3 Å². The maximum Gasteiger partial charge on any atom is 0.144 e. The van der Waals surface area contributed by atoms with E-state index in [2.05, 4.69) is 57.8 Å². The lowest BCUT2D eigenvalue weighted by Crippen LogP contribution is -2.22. The molecule has 0 radical (unpaired) electrons. The summed E-state index contributed by atoms with van der Waals surface area (Å²) in [5.41, 5.74) is 1.91. The van der Waals surface area contributed by atoms with E-state index in [0.717, 1.165) is 31.9 Å². The second kappa shape index (κ2) is 6.33. The second-order valence-electron chi connectivity index (χ2n) is 6.24. The van der Waals surface area contributed by atoms with Gasteiger partial charge in [0, 0.05) is 26.3 Å². The van der Waals surface area contributed by atoms with E-state index in [1.165, 1.54) is 6.04 Å². The molecule has 110 valence electrons. The van der Waals surface area contributed by atoms with Gasteiger partial charge in [-0.2, -0.15) is 0 Å². The first-order valence-corrected chi connectivity index (χ1v) is 11.8. The summed E-state index contributed by atoms with van der Waals surface area (Å²) in [5, 5.41) is 1.79. The Morgan fingerprint density at radius 2 is 2.10 bits per heavy atom. The summed E-state index contributed by atoms with van der Waals surface area (Å²) in [6.07, 6.45) is 1.82. The zero-order valence-electron chi connectivity index (χ0n) is 12.3. The predicted octanol–water partition coefficient (Wildman–Crippen LogP) is 4.92. The smallest absolute Gasteiger partial charge is 0.144 e. The molecule has 2 aromatic heterocycles. The van der Waals surface area contributed by atoms with Crippen LogP contribution in [0.15, 0.2) is 12.3 Å². The van der Waals surface area contributed by atoms with Crippen molar-refractivity contribution in [3.05, 3.63) is 26.5 Å². The summed E-state index contributed by atoms with van der Waals surface area (Å²) in [5.74, 6) is 0. The Bertz CT molecular complexity index is 622. The second-order valence-corrected chi connectivity index (χ2v) is 13.3. The number of nitrogens with zero attached hydrogens (tertiary/aromatic N) is 2. The molecule has 0 bridgehead atoms. The SMILES string of the molecule is Cc1cnc2c(cc(I)n2COCC[Si](C)(C)C)c1Cl. The monoisotopic (exact) mass is 422 g/mol. The average molecular weight is 423 g/mol. The third kappa shape index (κ3) is 3.75. The molecule has 20 heavy (non-hydrogen) atoms. The third-order valence-corrected chi connectivity index (χ3v) is 6.30. The molecule has 0 atom stereocenters. The van der Waals surface area contributed by atoms with Crippen LogP contribution in [0.3, 0.4) is 0 Å². The quantitative estimate of drug-likeness (QED) is 0.389. The van der Waals surface area contributed by atoms with Gasteiger partial charge in [0.25, 0.3) is 0 Å². The van der Waals surface area contributed by atoms with Crippen LogP contribution >= 0.6 is 34.2 Å². The average Bonchev–Trinajstić information content (AvgIpc) is 2.66. The van der Waals surface area contributed by atoms with E-state index in [1.54, 1.807) is 0 Å². The molecule has 0 unspecified atom stereocenters. The van der Waals surface area contributed by atoms with E-state index < -0.39 is 8.07 Å². The fraction of sp³-hybridized carbons (Fsp3) is 0.500. The van der Waals surface area contributed by atoms with Gasteiger partial charge in [-0.15, -0.1) is 0 Å². The van der Waals surface area contributed by atoms with Crippen LogP contribution in [0.5, 0.6) is 0 Å². The van der Waals surface area contributed by atoms with Gasteiger partial charge >= 0.3 is 0 Å². The maximum atomic E-state index is 6.34. The minimum atomic E-state index is -1.04. The van der Waals surface area contributed by atoms with Gasteiger partial charge in [-0.05, 0) is 47.2 Å². The van der Waals surface area contributed by atoms with Crippen molar-refractivity contribution in [2.45, 2.75) is 39.3 Å². The lowest BCUT2D eigenvalue weighted by molar-refractivity contribution is 0.0883. The minimum Gasteiger partial charge on any atom is -0.361 e. The molecule has 2 aromatic rings. The molecule has 0 saturated carbocycles. The summed E-state index contributed by atoms with van der Waals surface area (Å²) in [7, 11) is -1.04. The predicted molar refractivity (Wildman–Crippen MR) is 96.3 cm³/mol. The zero-order valence-corrected chi connectivity index (χ0v) is 16.2. The number of aromatic nitrogens is 2. The van der Waals surface area contributed by atoms with Crippen LogP contribution in [0.25, 0.3) is 11.0 Å². The van der Waals surface area contributed by atoms with E-state index >= 15 is 0 Å². The van der Waals surface area contributed by atoms with Gasteiger partial charge in [0.1, 0.15) is 12.4 Å². The molecule has 6 heteroatoms. The summed E-state index contributed by atoms with van der Waals surface area (Å²) < 4.78 is 9.00. The first-order valence-electron chi connectivity index (χ1n) is 6.67. The normalized spacial score (nSPS) is 12.3. The van der Waals surface area contributed by atoms with Crippen LogP contribution < -0.4 is 0 Å². The molecule has 3 nitrogen and oxygen atoms in total. The standard InChI is InChI=1S/C14H20ClIN2OSi/c1-10-8-17-14-11(13(10)15)7-12(16)18(14)9-19-5-6-20(2,3)4/h7-8H,5-6,9H2,1-4H3. The van der Waals surface area contributed by atoms with Crippen molar-refractivity contribution in [3.8, 4) is 0 Å². The van der Waals surface area contributed by atoms with Crippen LogP contribution in [0.2, 0.25) is 30.7 Å². The molecular weight excluding hydrogens is 403 g/mol. The van der Waals surface area contributed by atoms with Crippen molar-refractivity contribution < 1.29 is 4.74 Å². The van der Waals surface area contributed by atoms with Crippen molar-refractivity contribution >= 4 is 53.3 Å². The van der Waals surface area contributed by atoms with E-state index in [0.29, 0.717) is 6.73 Å². The summed E-state index contributed by atoms with van der Waals surface area (Å²) in [6.45, 7) is 10.4. The van der Waals surface area contributed by atoms with Gasteiger partial charge in [-0.25, -0.2) is 4.98 Å². The Morgan fingerprint density at radius 1 is 1.40 bits per heavy atom. The number of fused-ring (bicyclic) bond motifs is 1. The van der Waals surface area contributed by atoms with Crippen LogP contribution in [-0.4, -0.2) is 24.2 Å². The molecular formula is C14H20ClIN2OSi. The summed E-state index contributed by atoms with van der Waals surface area (Å²) in [4.78, 5) is 4.49. The highest BCUT2D eigenvalue weighted by atomic mass is 127. The highest BCUT2D eigenvalue weighted by Crippen LogP contribution is 2.28. The Balaban J connectivity index is 2.15. The van der Waals surface area contributed by atoms with Gasteiger partial charge in [0.2, 0.25) is 0 Å². The molecule has 0 amide bonds. The van der Waals surface area contributed by atoms with Gasteiger partial charge in [0.15, 0.2) is 0 Å². The lowest BCUT2D eigenvalue weighted by atomic mass is 10.2. The number of ether oxygens (including phenoxy) is 1. The van der Waals surface area contributed by atoms with Crippen LogP contribution in [-0.2, 0) is 11.5 Å². The molecule has 0 fully saturated rings. The molecule has 0 N–H and O–H groups in total. The number of pyridine rings is 1. The number of hydrogen-bond acceptors (Lipinski definition) is 2. The van der Waals surface area contributed by atoms with Crippen molar-refractivity contribution in [1.82, 2.24) is 9.55 Å². The molecule has 0 aliphatic rings. The van der Waals surface area contributed by atoms with Crippen LogP contribution in [0, 0.1) is 10.6 Å². The first-order chi connectivity index (χ1) is 9.29. The van der Waals surface area contributed by atoms with Gasteiger partial charge in [0.05, 0.1) is 8.72 Å². The number of aryl methyl sites for hydroxylation is 1. The Labute approximate surface area is 139 Å². The van der Waals surface area contributed by atoms with Crippen LogP contribution in [0.1, 0.15) is 5.56 Å². The van der Waals surface area contributed by atoms with Gasteiger partial charge in [-0.1, -0.05) is 31.2 Å². The van der Waals surface area contributed by atoms with Crippen molar-refractivity contribution in [3.63, 3.8) is 0 Å². The topological polar surface area (TPSA) is 27.1 Å². The first kappa shape index (κ1) is 16.3. The zero-order chi connectivity index (χ0) is 14.9. The molecule has 0 aromatic carbocycles.